The first kappa shape index (κ1) is 19.5. The first-order valence-electron chi connectivity index (χ1n) is 9.35. The Kier molecular flexibility index (Phi) is 5.14. The monoisotopic (exact) mass is 407 g/mol. The van der Waals surface area contributed by atoms with Gasteiger partial charge in [0.2, 0.25) is 5.43 Å². The maximum absolute atomic E-state index is 13.0. The molecule has 7 nitrogen and oxygen atoms in total. The number of halogens is 1. The van der Waals surface area contributed by atoms with E-state index >= 15 is 0 Å². The maximum atomic E-state index is 13.0. The Labute approximate surface area is 170 Å². The lowest BCUT2D eigenvalue weighted by Crippen LogP contribution is -2.21. The number of carbonyl (C=O) groups is 1. The number of pyridine rings is 2. The zero-order valence-corrected chi connectivity index (χ0v) is 16.4. The summed E-state index contributed by atoms with van der Waals surface area (Å²) in [5.41, 5.74) is 1.82. The molecule has 4 rings (SSSR count). The van der Waals surface area contributed by atoms with Crippen LogP contribution in [0.5, 0.6) is 0 Å². The maximum Gasteiger partial charge on any atom is 0.344 e. The molecular formula is C22H18FN3O4. The summed E-state index contributed by atoms with van der Waals surface area (Å²) in [6, 6.07) is 10.7. The van der Waals surface area contributed by atoms with E-state index in [9.17, 15) is 14.0 Å². The normalized spacial score (nSPS) is 11.0. The van der Waals surface area contributed by atoms with Crippen molar-refractivity contribution < 1.29 is 18.4 Å². The molecule has 0 atom stereocenters. The van der Waals surface area contributed by atoms with Crippen LogP contribution in [-0.4, -0.2) is 20.7 Å². The highest BCUT2D eigenvalue weighted by atomic mass is 19.1. The molecule has 1 aromatic carbocycles. The quantitative estimate of drug-likeness (QED) is 0.467. The number of aromatic nitrogens is 3. The molecule has 0 bridgehead atoms. The van der Waals surface area contributed by atoms with Crippen molar-refractivity contribution in [2.75, 3.05) is 0 Å². The molecule has 0 radical (unpaired) electrons. The Hall–Kier alpha value is -3.81. The number of hydrogen-bond donors (Lipinski definition) is 0. The molecule has 8 heteroatoms. The molecular weight excluding hydrogens is 389 g/mol. The van der Waals surface area contributed by atoms with E-state index in [0.29, 0.717) is 34.6 Å². The van der Waals surface area contributed by atoms with Gasteiger partial charge in [0.05, 0.1) is 5.39 Å². The van der Waals surface area contributed by atoms with Gasteiger partial charge in [-0.15, -0.1) is 0 Å². The number of fused-ring (bicyclic) bond motifs is 1. The van der Waals surface area contributed by atoms with E-state index in [2.05, 4.69) is 10.1 Å². The summed E-state index contributed by atoms with van der Waals surface area (Å²) in [6.07, 6.45) is 1.46. The van der Waals surface area contributed by atoms with Crippen LogP contribution in [0, 0.1) is 12.7 Å². The molecule has 0 spiro atoms. The minimum Gasteiger partial charge on any atom is -0.455 e. The third-order valence-corrected chi connectivity index (χ3v) is 4.66. The van der Waals surface area contributed by atoms with Gasteiger partial charge in [-0.1, -0.05) is 5.16 Å². The van der Waals surface area contributed by atoms with E-state index in [1.807, 2.05) is 13.8 Å². The molecule has 0 unspecified atom stereocenters. The van der Waals surface area contributed by atoms with Crippen molar-refractivity contribution in [3.05, 3.63) is 81.7 Å². The number of nitrogens with zero attached hydrogens (tertiary/aromatic N) is 3. The Balaban J connectivity index is 1.55. The molecule has 0 amide bonds. The predicted octanol–water partition coefficient (Wildman–Crippen LogP) is 3.88. The molecule has 0 saturated heterocycles. The number of benzene rings is 1. The summed E-state index contributed by atoms with van der Waals surface area (Å²) in [5, 5.41) is 4.22. The Morgan fingerprint density at radius 3 is 2.70 bits per heavy atom. The highest BCUT2D eigenvalue weighted by molar-refractivity contribution is 5.93. The molecule has 4 aromatic rings. The minimum absolute atomic E-state index is 0.0720. The summed E-state index contributed by atoms with van der Waals surface area (Å²) in [4.78, 5) is 29.7. The average molecular weight is 407 g/mol. The highest BCUT2D eigenvalue weighted by Crippen LogP contribution is 2.21. The van der Waals surface area contributed by atoms with Gasteiger partial charge >= 0.3 is 5.97 Å². The first-order chi connectivity index (χ1) is 14.5. The van der Waals surface area contributed by atoms with Crippen LogP contribution in [0.2, 0.25) is 0 Å². The lowest BCUT2D eigenvalue weighted by Gasteiger charge is -2.10. The van der Waals surface area contributed by atoms with Crippen molar-refractivity contribution in [2.24, 2.45) is 0 Å². The van der Waals surface area contributed by atoms with Crippen molar-refractivity contribution in [3.63, 3.8) is 0 Å². The fourth-order valence-electron chi connectivity index (χ4n) is 3.09. The Morgan fingerprint density at radius 1 is 1.20 bits per heavy atom. The zero-order chi connectivity index (χ0) is 21.3. The van der Waals surface area contributed by atoms with Crippen molar-refractivity contribution in [2.45, 2.75) is 27.0 Å². The topological polar surface area (TPSA) is 87.2 Å². The predicted molar refractivity (Wildman–Crippen MR) is 107 cm³/mol. The van der Waals surface area contributed by atoms with E-state index in [4.69, 9.17) is 9.26 Å². The van der Waals surface area contributed by atoms with Gasteiger partial charge in [0.15, 0.2) is 5.76 Å². The highest BCUT2D eigenvalue weighted by Gasteiger charge is 2.18. The number of aryl methyl sites for hydroxylation is 2. The number of esters is 1. The summed E-state index contributed by atoms with van der Waals surface area (Å²) in [7, 11) is 0. The molecule has 0 saturated carbocycles. The van der Waals surface area contributed by atoms with Gasteiger partial charge in [-0.2, -0.15) is 0 Å². The first-order valence-corrected chi connectivity index (χ1v) is 9.35. The fraction of sp³-hybridized carbons (Fsp3) is 0.182. The number of hydrogen-bond acceptors (Lipinski definition) is 6. The second-order valence-corrected chi connectivity index (χ2v) is 6.75. The standard InChI is InChI=1S/C22H18FN3O4/c1-3-26-11-18(20(27)17-9-4-13(2)24-21(17)26)22(28)29-12-16-10-19(30-25-16)14-5-7-15(23)8-6-14/h4-11H,3,12H2,1-2H3. The lowest BCUT2D eigenvalue weighted by molar-refractivity contribution is 0.0462. The van der Waals surface area contributed by atoms with Gasteiger partial charge in [0, 0.05) is 30.1 Å². The van der Waals surface area contributed by atoms with E-state index in [0.717, 1.165) is 5.69 Å². The largest absolute Gasteiger partial charge is 0.455 e. The number of carbonyl (C=O) groups excluding carboxylic acids is 1. The summed E-state index contributed by atoms with van der Waals surface area (Å²) in [5.74, 6) is -0.691. The molecule has 0 aliphatic rings. The molecule has 0 fully saturated rings. The van der Waals surface area contributed by atoms with Crippen LogP contribution in [-0.2, 0) is 17.9 Å². The number of ether oxygens (including phenoxy) is 1. The van der Waals surface area contributed by atoms with Gasteiger partial charge in [0.25, 0.3) is 0 Å². The molecule has 0 aliphatic heterocycles. The number of rotatable bonds is 5. The lowest BCUT2D eigenvalue weighted by atomic mass is 10.1. The van der Waals surface area contributed by atoms with Crippen LogP contribution in [0.25, 0.3) is 22.4 Å². The van der Waals surface area contributed by atoms with Crippen LogP contribution >= 0.6 is 0 Å². The van der Waals surface area contributed by atoms with Crippen LogP contribution in [0.1, 0.15) is 28.7 Å². The Bertz CT molecular complexity index is 1290. The van der Waals surface area contributed by atoms with Crippen LogP contribution in [0.4, 0.5) is 4.39 Å². The summed E-state index contributed by atoms with van der Waals surface area (Å²) in [6.45, 7) is 4.11. The van der Waals surface area contributed by atoms with E-state index < -0.39 is 11.4 Å². The summed E-state index contributed by atoms with van der Waals surface area (Å²) < 4.78 is 25.3. The Morgan fingerprint density at radius 2 is 1.97 bits per heavy atom. The minimum atomic E-state index is -0.754. The molecule has 30 heavy (non-hydrogen) atoms. The second-order valence-electron chi connectivity index (χ2n) is 6.75. The van der Waals surface area contributed by atoms with Crippen molar-refractivity contribution in [3.8, 4) is 11.3 Å². The third-order valence-electron chi connectivity index (χ3n) is 4.66. The van der Waals surface area contributed by atoms with Crippen molar-refractivity contribution >= 4 is 17.0 Å². The molecule has 0 N–H and O–H groups in total. The molecule has 3 aromatic heterocycles. The second kappa shape index (κ2) is 7.90. The smallest absolute Gasteiger partial charge is 0.344 e. The molecule has 152 valence electrons. The van der Waals surface area contributed by atoms with Gasteiger partial charge in [0.1, 0.15) is 29.3 Å². The van der Waals surface area contributed by atoms with Crippen LogP contribution in [0.15, 0.2) is 58.0 Å². The fourth-order valence-corrected chi connectivity index (χ4v) is 3.09. The van der Waals surface area contributed by atoms with E-state index in [1.165, 1.54) is 18.3 Å². The molecule has 3 heterocycles. The van der Waals surface area contributed by atoms with Gasteiger partial charge in [-0.3, -0.25) is 4.79 Å². The van der Waals surface area contributed by atoms with Gasteiger partial charge < -0.3 is 13.8 Å². The van der Waals surface area contributed by atoms with Gasteiger partial charge in [-0.05, 0) is 50.2 Å². The third kappa shape index (κ3) is 3.71. The average Bonchev–Trinajstić information content (AvgIpc) is 3.22. The van der Waals surface area contributed by atoms with Gasteiger partial charge in [-0.25, -0.2) is 14.2 Å². The van der Waals surface area contributed by atoms with Crippen LogP contribution in [0.3, 0.4) is 0 Å². The summed E-state index contributed by atoms with van der Waals surface area (Å²) >= 11 is 0. The van der Waals surface area contributed by atoms with E-state index in [1.54, 1.807) is 34.9 Å². The van der Waals surface area contributed by atoms with E-state index in [-0.39, 0.29) is 18.0 Å². The van der Waals surface area contributed by atoms with Crippen molar-refractivity contribution in [1.29, 1.82) is 0 Å². The van der Waals surface area contributed by atoms with Crippen LogP contribution < -0.4 is 5.43 Å². The SMILES string of the molecule is CCn1cc(C(=O)OCc2cc(-c3ccc(F)cc3)on2)c(=O)c2ccc(C)nc21. The zero-order valence-electron chi connectivity index (χ0n) is 16.4. The molecule has 0 aliphatic carbocycles. The van der Waals surface area contributed by atoms with Crippen molar-refractivity contribution in [1.82, 2.24) is 14.7 Å².